The Balaban J connectivity index is 2.33. The Bertz CT molecular complexity index is 834. The number of rotatable bonds is 6. The van der Waals surface area contributed by atoms with Crippen LogP contribution >= 0.6 is 0 Å². The molecular weight excluding hydrogens is 320 g/mol. The quantitative estimate of drug-likeness (QED) is 0.645. The first-order valence-electron chi connectivity index (χ1n) is 6.72. The van der Waals surface area contributed by atoms with E-state index in [1.165, 1.54) is 19.2 Å². The number of hydrogen-bond acceptors (Lipinski definition) is 5. The van der Waals surface area contributed by atoms with Crippen LogP contribution in [0.1, 0.15) is 11.1 Å². The molecule has 0 atom stereocenters. The van der Waals surface area contributed by atoms with E-state index in [4.69, 9.17) is 4.74 Å². The number of aryl methyl sites for hydroxylation is 1. The Morgan fingerprint density at radius 1 is 1.22 bits per heavy atom. The summed E-state index contributed by atoms with van der Waals surface area (Å²) in [5, 5.41) is 10.9. The fraction of sp³-hybridized carbons (Fsp3) is 0.200. The van der Waals surface area contributed by atoms with Crippen LogP contribution in [0.3, 0.4) is 0 Å². The van der Waals surface area contributed by atoms with Gasteiger partial charge in [-0.2, -0.15) is 0 Å². The lowest BCUT2D eigenvalue weighted by Crippen LogP contribution is -2.24. The summed E-state index contributed by atoms with van der Waals surface area (Å²) in [5.41, 5.74) is 1.45. The van der Waals surface area contributed by atoms with Gasteiger partial charge < -0.3 is 4.74 Å². The average Bonchev–Trinajstić information content (AvgIpc) is 2.53. The fourth-order valence-electron chi connectivity index (χ4n) is 2.05. The molecule has 0 radical (unpaired) electrons. The lowest BCUT2D eigenvalue weighted by Gasteiger charge is -2.11. The van der Waals surface area contributed by atoms with Gasteiger partial charge in [0.2, 0.25) is 10.0 Å². The van der Waals surface area contributed by atoms with Gasteiger partial charge in [0.1, 0.15) is 10.6 Å². The van der Waals surface area contributed by atoms with E-state index in [0.29, 0.717) is 0 Å². The topological polar surface area (TPSA) is 98.5 Å². The van der Waals surface area contributed by atoms with Crippen molar-refractivity contribution in [2.75, 3.05) is 7.11 Å². The highest BCUT2D eigenvalue weighted by molar-refractivity contribution is 7.89. The molecule has 0 bridgehead atoms. The van der Waals surface area contributed by atoms with Gasteiger partial charge in [0.25, 0.3) is 5.69 Å². The number of nitro benzene ring substituents is 1. The summed E-state index contributed by atoms with van der Waals surface area (Å²) in [5.74, 6) is 0.0490. The number of nitrogens with zero attached hydrogens (tertiary/aromatic N) is 1. The van der Waals surface area contributed by atoms with E-state index in [-0.39, 0.29) is 22.9 Å². The Labute approximate surface area is 134 Å². The van der Waals surface area contributed by atoms with E-state index < -0.39 is 14.9 Å². The molecule has 2 rings (SSSR count). The molecule has 0 unspecified atom stereocenters. The van der Waals surface area contributed by atoms with E-state index in [9.17, 15) is 18.5 Å². The highest BCUT2D eigenvalue weighted by Crippen LogP contribution is 2.28. The number of sulfonamides is 1. The van der Waals surface area contributed by atoms with Gasteiger partial charge in [-0.1, -0.05) is 24.3 Å². The molecule has 0 heterocycles. The summed E-state index contributed by atoms with van der Waals surface area (Å²) in [6.45, 7) is 1.96. The van der Waals surface area contributed by atoms with Crippen molar-refractivity contribution in [1.29, 1.82) is 0 Å². The van der Waals surface area contributed by atoms with Gasteiger partial charge in [-0.3, -0.25) is 10.1 Å². The molecule has 23 heavy (non-hydrogen) atoms. The number of nitrogens with one attached hydrogen (secondary N) is 1. The molecule has 0 aliphatic carbocycles. The molecule has 2 aromatic carbocycles. The van der Waals surface area contributed by atoms with Crippen molar-refractivity contribution in [3.8, 4) is 5.75 Å². The molecule has 0 fully saturated rings. The Hall–Kier alpha value is -2.45. The lowest BCUT2D eigenvalue weighted by atomic mass is 10.1. The minimum Gasteiger partial charge on any atom is -0.495 e. The minimum absolute atomic E-state index is 0.0490. The second kappa shape index (κ2) is 6.76. The Morgan fingerprint density at radius 2 is 1.91 bits per heavy atom. The summed E-state index contributed by atoms with van der Waals surface area (Å²) in [6.07, 6.45) is 0. The van der Waals surface area contributed by atoms with Crippen LogP contribution in [0, 0.1) is 17.0 Å². The highest BCUT2D eigenvalue weighted by Gasteiger charge is 2.23. The van der Waals surface area contributed by atoms with Gasteiger partial charge in [0.15, 0.2) is 0 Å². The zero-order valence-corrected chi connectivity index (χ0v) is 13.5. The largest absolute Gasteiger partial charge is 0.495 e. The summed E-state index contributed by atoms with van der Waals surface area (Å²) in [7, 11) is -2.65. The van der Waals surface area contributed by atoms with Crippen molar-refractivity contribution in [3.05, 3.63) is 63.7 Å². The van der Waals surface area contributed by atoms with Crippen molar-refractivity contribution >= 4 is 15.7 Å². The first kappa shape index (κ1) is 16.9. The Kier molecular flexibility index (Phi) is 4.97. The zero-order chi connectivity index (χ0) is 17.0. The van der Waals surface area contributed by atoms with Gasteiger partial charge in [-0.05, 0) is 24.1 Å². The maximum atomic E-state index is 12.5. The SMILES string of the molecule is COc1ccc([N+](=O)[O-])cc1S(=O)(=O)NCc1ccccc1C. The summed E-state index contributed by atoms with van der Waals surface area (Å²) >= 11 is 0. The average molecular weight is 336 g/mol. The zero-order valence-electron chi connectivity index (χ0n) is 12.6. The van der Waals surface area contributed by atoms with Crippen molar-refractivity contribution in [3.63, 3.8) is 0 Å². The van der Waals surface area contributed by atoms with Crippen molar-refractivity contribution in [2.45, 2.75) is 18.4 Å². The third-order valence-electron chi connectivity index (χ3n) is 3.36. The number of hydrogen-bond donors (Lipinski definition) is 1. The predicted octanol–water partition coefficient (Wildman–Crippen LogP) is 2.39. The summed E-state index contributed by atoms with van der Waals surface area (Å²) in [6, 6.07) is 10.8. The molecule has 122 valence electrons. The fourth-order valence-corrected chi connectivity index (χ4v) is 3.24. The van der Waals surface area contributed by atoms with Crippen LogP contribution in [0.15, 0.2) is 47.4 Å². The predicted molar refractivity (Wildman–Crippen MR) is 84.9 cm³/mol. The van der Waals surface area contributed by atoms with Gasteiger partial charge in [-0.25, -0.2) is 13.1 Å². The van der Waals surface area contributed by atoms with Gasteiger partial charge in [0.05, 0.1) is 12.0 Å². The van der Waals surface area contributed by atoms with E-state index in [1.807, 2.05) is 31.2 Å². The van der Waals surface area contributed by atoms with Crippen molar-refractivity contribution in [2.24, 2.45) is 0 Å². The summed E-state index contributed by atoms with van der Waals surface area (Å²) < 4.78 is 32.4. The second-order valence-electron chi connectivity index (χ2n) is 4.84. The maximum Gasteiger partial charge on any atom is 0.271 e. The molecular formula is C15H16N2O5S. The Morgan fingerprint density at radius 3 is 2.52 bits per heavy atom. The molecule has 8 heteroatoms. The third-order valence-corrected chi connectivity index (χ3v) is 4.78. The first-order chi connectivity index (χ1) is 10.8. The highest BCUT2D eigenvalue weighted by atomic mass is 32.2. The van der Waals surface area contributed by atoms with Gasteiger partial charge >= 0.3 is 0 Å². The first-order valence-corrected chi connectivity index (χ1v) is 8.20. The molecule has 2 aromatic rings. The number of nitro groups is 1. The van der Waals surface area contributed by atoms with Gasteiger partial charge in [0, 0.05) is 18.7 Å². The van der Waals surface area contributed by atoms with Crippen LogP contribution in [-0.4, -0.2) is 20.5 Å². The molecule has 0 aliphatic rings. The standard InChI is InChI=1S/C15H16N2O5S/c1-11-5-3-4-6-12(11)10-16-23(20,21)15-9-13(17(18)19)7-8-14(15)22-2/h3-9,16H,10H2,1-2H3. The molecule has 0 saturated heterocycles. The van der Waals surface area contributed by atoms with Crippen LogP contribution in [0.2, 0.25) is 0 Å². The number of methoxy groups -OCH3 is 1. The molecule has 0 aliphatic heterocycles. The number of non-ortho nitro benzene ring substituents is 1. The summed E-state index contributed by atoms with van der Waals surface area (Å²) in [4.78, 5) is 9.94. The van der Waals surface area contributed by atoms with Crippen LogP contribution in [0.5, 0.6) is 5.75 Å². The monoisotopic (exact) mass is 336 g/mol. The van der Waals surface area contributed by atoms with E-state index >= 15 is 0 Å². The number of benzene rings is 2. The molecule has 0 spiro atoms. The lowest BCUT2D eigenvalue weighted by molar-refractivity contribution is -0.385. The van der Waals surface area contributed by atoms with E-state index in [2.05, 4.69) is 4.72 Å². The molecule has 0 aromatic heterocycles. The van der Waals surface area contributed by atoms with Crippen molar-refractivity contribution < 1.29 is 18.1 Å². The third kappa shape index (κ3) is 3.85. The van der Waals surface area contributed by atoms with Crippen LogP contribution in [0.25, 0.3) is 0 Å². The molecule has 0 saturated carbocycles. The normalized spacial score (nSPS) is 11.2. The molecule has 1 N–H and O–H groups in total. The van der Waals surface area contributed by atoms with Crippen LogP contribution in [0.4, 0.5) is 5.69 Å². The smallest absolute Gasteiger partial charge is 0.271 e. The van der Waals surface area contributed by atoms with Crippen LogP contribution < -0.4 is 9.46 Å². The van der Waals surface area contributed by atoms with E-state index in [1.54, 1.807) is 0 Å². The second-order valence-corrected chi connectivity index (χ2v) is 6.58. The van der Waals surface area contributed by atoms with E-state index in [0.717, 1.165) is 17.2 Å². The van der Waals surface area contributed by atoms with Gasteiger partial charge in [-0.15, -0.1) is 0 Å². The molecule has 0 amide bonds. The minimum atomic E-state index is -3.95. The number of ether oxygens (including phenoxy) is 1. The maximum absolute atomic E-state index is 12.5. The van der Waals surface area contributed by atoms with Crippen molar-refractivity contribution in [1.82, 2.24) is 4.72 Å². The van der Waals surface area contributed by atoms with Crippen LogP contribution in [-0.2, 0) is 16.6 Å². The molecule has 7 nitrogen and oxygen atoms in total.